The molecule has 1 unspecified atom stereocenters. The number of amides is 1. The Kier molecular flexibility index (Phi) is 8.82. The van der Waals surface area contributed by atoms with Gasteiger partial charge < -0.3 is 15.8 Å². The molecule has 0 fully saturated rings. The van der Waals surface area contributed by atoms with E-state index in [-0.39, 0.29) is 24.2 Å². The number of hydrogen-bond acceptors (Lipinski definition) is 3. The van der Waals surface area contributed by atoms with Crippen molar-refractivity contribution in [1.29, 1.82) is 0 Å². The lowest BCUT2D eigenvalue weighted by molar-refractivity contribution is -0.119. The zero-order valence-electron chi connectivity index (χ0n) is 13.5. The highest BCUT2D eigenvalue weighted by Crippen LogP contribution is 2.18. The highest BCUT2D eigenvalue weighted by molar-refractivity contribution is 9.10. The topological polar surface area (TPSA) is 64.3 Å². The molecule has 2 aromatic rings. The van der Waals surface area contributed by atoms with E-state index in [2.05, 4.69) is 21.2 Å². The minimum absolute atomic E-state index is 0. The standard InChI is InChI=1S/C18H21BrN2O2.ClH/c1-13(12-14-2-4-15(19)5-3-14)18(22)21-16-6-8-17(9-7-16)23-11-10-20;/h2-9,13H,10-12,20H2,1H3,(H,21,22);1H. The van der Waals surface area contributed by atoms with Gasteiger partial charge in [0.2, 0.25) is 5.91 Å². The molecule has 0 aliphatic heterocycles. The van der Waals surface area contributed by atoms with Gasteiger partial charge in [0.1, 0.15) is 12.4 Å². The predicted octanol–water partition coefficient (Wildman–Crippen LogP) is 4.03. The molecule has 0 aliphatic carbocycles. The molecule has 0 aromatic heterocycles. The first kappa shape index (κ1) is 20.5. The molecule has 0 spiro atoms. The van der Waals surface area contributed by atoms with E-state index in [1.165, 1.54) is 0 Å². The fourth-order valence-electron chi connectivity index (χ4n) is 2.14. The molecule has 1 amide bonds. The number of halogens is 2. The maximum absolute atomic E-state index is 12.3. The van der Waals surface area contributed by atoms with Crippen molar-refractivity contribution in [3.63, 3.8) is 0 Å². The molecule has 0 saturated heterocycles. The Morgan fingerprint density at radius 2 is 1.79 bits per heavy atom. The number of anilines is 1. The van der Waals surface area contributed by atoms with E-state index in [4.69, 9.17) is 10.5 Å². The number of carbonyl (C=O) groups is 1. The van der Waals surface area contributed by atoms with E-state index in [1.54, 1.807) is 0 Å². The van der Waals surface area contributed by atoms with E-state index >= 15 is 0 Å². The van der Waals surface area contributed by atoms with Crippen molar-refractivity contribution in [2.75, 3.05) is 18.5 Å². The van der Waals surface area contributed by atoms with Crippen molar-refractivity contribution in [1.82, 2.24) is 0 Å². The zero-order valence-corrected chi connectivity index (χ0v) is 15.9. The first-order valence-electron chi connectivity index (χ1n) is 7.56. The summed E-state index contributed by atoms with van der Waals surface area (Å²) in [4.78, 5) is 12.3. The molecule has 0 aliphatic rings. The highest BCUT2D eigenvalue weighted by Gasteiger charge is 2.13. The number of benzene rings is 2. The SMILES string of the molecule is CC(Cc1ccc(Br)cc1)C(=O)Nc1ccc(OCCN)cc1.Cl. The van der Waals surface area contributed by atoms with Crippen LogP contribution in [-0.4, -0.2) is 19.1 Å². The van der Waals surface area contributed by atoms with Crippen LogP contribution >= 0.6 is 28.3 Å². The van der Waals surface area contributed by atoms with Crippen LogP contribution in [-0.2, 0) is 11.2 Å². The summed E-state index contributed by atoms with van der Waals surface area (Å²) in [5.74, 6) is 0.643. The molecule has 1 atom stereocenters. The van der Waals surface area contributed by atoms with Gasteiger partial charge in [-0.2, -0.15) is 0 Å². The Labute approximate surface area is 157 Å². The van der Waals surface area contributed by atoms with Crippen LogP contribution in [0.25, 0.3) is 0 Å². The second-order valence-electron chi connectivity index (χ2n) is 5.38. The Balaban J connectivity index is 0.00000288. The third kappa shape index (κ3) is 6.51. The molecule has 3 N–H and O–H groups in total. The van der Waals surface area contributed by atoms with Gasteiger partial charge in [0.15, 0.2) is 0 Å². The maximum Gasteiger partial charge on any atom is 0.227 e. The second kappa shape index (κ2) is 10.3. The monoisotopic (exact) mass is 412 g/mol. The number of nitrogens with two attached hydrogens (primary N) is 1. The summed E-state index contributed by atoms with van der Waals surface area (Å²) >= 11 is 3.41. The fourth-order valence-corrected chi connectivity index (χ4v) is 2.41. The molecule has 0 heterocycles. The van der Waals surface area contributed by atoms with Crippen molar-refractivity contribution in [2.45, 2.75) is 13.3 Å². The summed E-state index contributed by atoms with van der Waals surface area (Å²) in [6, 6.07) is 15.3. The van der Waals surface area contributed by atoms with Crippen LogP contribution in [0.1, 0.15) is 12.5 Å². The second-order valence-corrected chi connectivity index (χ2v) is 6.30. The first-order valence-corrected chi connectivity index (χ1v) is 8.36. The molecule has 6 heteroatoms. The number of nitrogens with one attached hydrogen (secondary N) is 1. The van der Waals surface area contributed by atoms with Gasteiger partial charge in [-0.3, -0.25) is 4.79 Å². The predicted molar refractivity (Wildman–Crippen MR) is 104 cm³/mol. The number of rotatable bonds is 7. The quantitative estimate of drug-likeness (QED) is 0.720. The molecular weight excluding hydrogens is 392 g/mol. The summed E-state index contributed by atoms with van der Waals surface area (Å²) in [6.45, 7) is 2.89. The molecule has 0 radical (unpaired) electrons. The average molecular weight is 414 g/mol. The van der Waals surface area contributed by atoms with Crippen molar-refractivity contribution < 1.29 is 9.53 Å². The van der Waals surface area contributed by atoms with Gasteiger partial charge in [-0.05, 0) is 48.4 Å². The van der Waals surface area contributed by atoms with Crippen LogP contribution in [0, 0.1) is 5.92 Å². The van der Waals surface area contributed by atoms with Crippen molar-refractivity contribution in [2.24, 2.45) is 11.7 Å². The van der Waals surface area contributed by atoms with E-state index in [9.17, 15) is 4.79 Å². The highest BCUT2D eigenvalue weighted by atomic mass is 79.9. The number of ether oxygens (including phenoxy) is 1. The minimum Gasteiger partial charge on any atom is -0.492 e. The van der Waals surface area contributed by atoms with Gasteiger partial charge in [-0.15, -0.1) is 12.4 Å². The molecule has 24 heavy (non-hydrogen) atoms. The van der Waals surface area contributed by atoms with Crippen molar-refractivity contribution in [3.05, 3.63) is 58.6 Å². The minimum atomic E-state index is -0.107. The van der Waals surface area contributed by atoms with Gasteiger partial charge >= 0.3 is 0 Å². The fraction of sp³-hybridized carbons (Fsp3) is 0.278. The average Bonchev–Trinajstić information content (AvgIpc) is 2.56. The molecule has 0 bridgehead atoms. The van der Waals surface area contributed by atoms with Gasteiger partial charge in [0.05, 0.1) is 0 Å². The van der Waals surface area contributed by atoms with Gasteiger partial charge in [0, 0.05) is 22.6 Å². The molecule has 4 nitrogen and oxygen atoms in total. The lowest BCUT2D eigenvalue weighted by atomic mass is 10.0. The van der Waals surface area contributed by atoms with Crippen molar-refractivity contribution in [3.8, 4) is 5.75 Å². The summed E-state index contributed by atoms with van der Waals surface area (Å²) in [5, 5.41) is 2.93. The Hall–Kier alpha value is -1.56. The van der Waals surface area contributed by atoms with Crippen LogP contribution in [0.4, 0.5) is 5.69 Å². The zero-order chi connectivity index (χ0) is 16.7. The van der Waals surface area contributed by atoms with Crippen LogP contribution in [0.2, 0.25) is 0 Å². The maximum atomic E-state index is 12.3. The molecule has 0 saturated carbocycles. The largest absolute Gasteiger partial charge is 0.492 e. The number of carbonyl (C=O) groups excluding carboxylic acids is 1. The van der Waals surface area contributed by atoms with Crippen molar-refractivity contribution >= 4 is 39.9 Å². The molecular formula is C18H22BrClN2O2. The van der Waals surface area contributed by atoms with Gasteiger partial charge in [-0.1, -0.05) is 35.0 Å². The van der Waals surface area contributed by atoms with Crippen LogP contribution in [0.5, 0.6) is 5.75 Å². The first-order chi connectivity index (χ1) is 11.1. The van der Waals surface area contributed by atoms with Gasteiger partial charge in [-0.25, -0.2) is 0 Å². The van der Waals surface area contributed by atoms with E-state index < -0.39 is 0 Å². The summed E-state index contributed by atoms with van der Waals surface area (Å²) in [5.41, 5.74) is 7.29. The lowest BCUT2D eigenvalue weighted by Crippen LogP contribution is -2.22. The summed E-state index contributed by atoms with van der Waals surface area (Å²) in [6.07, 6.45) is 0.705. The van der Waals surface area contributed by atoms with Crippen LogP contribution in [0.15, 0.2) is 53.0 Å². The summed E-state index contributed by atoms with van der Waals surface area (Å²) in [7, 11) is 0. The molecule has 2 aromatic carbocycles. The molecule has 130 valence electrons. The smallest absolute Gasteiger partial charge is 0.227 e. The third-order valence-corrected chi connectivity index (χ3v) is 3.94. The Bertz CT molecular complexity index is 632. The third-order valence-electron chi connectivity index (χ3n) is 3.41. The van der Waals surface area contributed by atoms with E-state index in [0.717, 1.165) is 21.5 Å². The molecule has 2 rings (SSSR count). The normalized spacial score (nSPS) is 11.3. The van der Waals surface area contributed by atoms with E-state index in [0.29, 0.717) is 19.6 Å². The lowest BCUT2D eigenvalue weighted by Gasteiger charge is -2.13. The van der Waals surface area contributed by atoms with E-state index in [1.807, 2.05) is 55.5 Å². The van der Waals surface area contributed by atoms with Gasteiger partial charge in [0.25, 0.3) is 0 Å². The van der Waals surface area contributed by atoms with Crippen LogP contribution < -0.4 is 15.8 Å². The summed E-state index contributed by atoms with van der Waals surface area (Å²) < 4.78 is 6.45. The Morgan fingerprint density at radius 3 is 2.38 bits per heavy atom. The number of hydrogen-bond donors (Lipinski definition) is 2. The van der Waals surface area contributed by atoms with Crippen LogP contribution in [0.3, 0.4) is 0 Å². The Morgan fingerprint density at radius 1 is 1.17 bits per heavy atom.